The van der Waals surface area contributed by atoms with Gasteiger partial charge in [0.05, 0.1) is 12.2 Å². The Balaban J connectivity index is 2.28. The molecule has 0 radical (unpaired) electrons. The van der Waals surface area contributed by atoms with Crippen LogP contribution in [0.1, 0.15) is 25.7 Å². The van der Waals surface area contributed by atoms with E-state index in [1.807, 2.05) is 23.1 Å². The fourth-order valence-corrected chi connectivity index (χ4v) is 1.63. The largest absolute Gasteiger partial charge is 0.394 e. The van der Waals surface area contributed by atoms with Crippen LogP contribution in [0.2, 0.25) is 0 Å². The molecule has 2 heterocycles. The minimum atomic E-state index is -0.161. The van der Waals surface area contributed by atoms with E-state index in [1.165, 1.54) is 12.4 Å². The van der Waals surface area contributed by atoms with Crippen LogP contribution in [0, 0.1) is 0 Å². The zero-order chi connectivity index (χ0) is 12.4. The van der Waals surface area contributed by atoms with Gasteiger partial charge in [0, 0.05) is 24.5 Å². The van der Waals surface area contributed by atoms with Crippen molar-refractivity contribution in [3.63, 3.8) is 0 Å². The molecular formula is C11H15N5O. The van der Waals surface area contributed by atoms with Crippen LogP contribution in [0.15, 0.2) is 29.6 Å². The maximum Gasteiger partial charge on any atom is 0.204 e. The van der Waals surface area contributed by atoms with Crippen molar-refractivity contribution >= 4 is 5.69 Å². The Morgan fingerprint density at radius 3 is 2.88 bits per heavy atom. The standard InChI is InChI=1S/C11H15N5O/c1-8(2)16-11(13-7-14-16)6-15-4-3-10(17)9(12)5-15/h3-5,7-8H,6,12H2,1-2H3. The molecular weight excluding hydrogens is 218 g/mol. The number of anilines is 1. The van der Waals surface area contributed by atoms with Crippen LogP contribution in [0.3, 0.4) is 0 Å². The smallest absolute Gasteiger partial charge is 0.204 e. The van der Waals surface area contributed by atoms with Crippen LogP contribution < -0.4 is 11.2 Å². The zero-order valence-corrected chi connectivity index (χ0v) is 9.87. The van der Waals surface area contributed by atoms with Gasteiger partial charge in [-0.25, -0.2) is 9.67 Å². The van der Waals surface area contributed by atoms with Gasteiger partial charge in [-0.1, -0.05) is 0 Å². The highest BCUT2D eigenvalue weighted by Crippen LogP contribution is 2.07. The molecule has 0 aromatic carbocycles. The zero-order valence-electron chi connectivity index (χ0n) is 9.87. The van der Waals surface area contributed by atoms with Crippen LogP contribution in [0.5, 0.6) is 0 Å². The molecule has 0 bridgehead atoms. The average molecular weight is 233 g/mol. The van der Waals surface area contributed by atoms with Crippen LogP contribution >= 0.6 is 0 Å². The van der Waals surface area contributed by atoms with Gasteiger partial charge in [0.1, 0.15) is 12.2 Å². The van der Waals surface area contributed by atoms with Crippen LogP contribution in [0.25, 0.3) is 0 Å². The maximum absolute atomic E-state index is 11.2. The molecule has 2 N–H and O–H groups in total. The van der Waals surface area contributed by atoms with Gasteiger partial charge in [-0.15, -0.1) is 0 Å². The minimum absolute atomic E-state index is 0.161. The number of nitrogens with zero attached hydrogens (tertiary/aromatic N) is 4. The second-order valence-electron chi connectivity index (χ2n) is 4.15. The van der Waals surface area contributed by atoms with Gasteiger partial charge in [-0.2, -0.15) is 5.10 Å². The fourth-order valence-electron chi connectivity index (χ4n) is 1.63. The normalized spacial score (nSPS) is 11.0. The molecule has 0 atom stereocenters. The van der Waals surface area contributed by atoms with E-state index in [1.54, 1.807) is 12.4 Å². The lowest BCUT2D eigenvalue weighted by atomic mass is 10.4. The molecule has 2 aromatic rings. The fraction of sp³-hybridized carbons (Fsp3) is 0.364. The van der Waals surface area contributed by atoms with Crippen molar-refractivity contribution < 1.29 is 0 Å². The quantitative estimate of drug-likeness (QED) is 0.844. The van der Waals surface area contributed by atoms with Crippen molar-refractivity contribution in [2.75, 3.05) is 5.73 Å². The molecule has 0 fully saturated rings. The molecule has 0 unspecified atom stereocenters. The highest BCUT2D eigenvalue weighted by Gasteiger charge is 2.07. The first-order valence-corrected chi connectivity index (χ1v) is 5.42. The summed E-state index contributed by atoms with van der Waals surface area (Å²) < 4.78 is 3.66. The first-order valence-electron chi connectivity index (χ1n) is 5.42. The predicted octanol–water partition coefficient (Wildman–Crippen LogP) is 0.651. The van der Waals surface area contributed by atoms with Gasteiger partial charge in [0.25, 0.3) is 0 Å². The van der Waals surface area contributed by atoms with Gasteiger partial charge < -0.3 is 10.3 Å². The molecule has 0 spiro atoms. The number of nitrogen functional groups attached to an aromatic ring is 1. The second kappa shape index (κ2) is 4.40. The Morgan fingerprint density at radius 1 is 1.47 bits per heavy atom. The Labute approximate surface area is 98.7 Å². The van der Waals surface area contributed by atoms with Crippen molar-refractivity contribution in [2.24, 2.45) is 0 Å². The van der Waals surface area contributed by atoms with Crippen LogP contribution in [-0.2, 0) is 6.54 Å². The molecule has 0 aliphatic heterocycles. The van der Waals surface area contributed by atoms with E-state index in [0.29, 0.717) is 6.54 Å². The van der Waals surface area contributed by atoms with Crippen molar-refractivity contribution in [3.8, 4) is 0 Å². The molecule has 17 heavy (non-hydrogen) atoms. The Bertz CT molecular complexity index is 569. The van der Waals surface area contributed by atoms with Crippen molar-refractivity contribution in [1.29, 1.82) is 0 Å². The van der Waals surface area contributed by atoms with Crippen molar-refractivity contribution in [2.45, 2.75) is 26.4 Å². The third-order valence-corrected chi connectivity index (χ3v) is 2.47. The maximum atomic E-state index is 11.2. The Morgan fingerprint density at radius 2 is 2.24 bits per heavy atom. The molecule has 0 aliphatic carbocycles. The summed E-state index contributed by atoms with van der Waals surface area (Å²) in [6.07, 6.45) is 4.83. The van der Waals surface area contributed by atoms with E-state index in [9.17, 15) is 4.79 Å². The van der Waals surface area contributed by atoms with Crippen molar-refractivity contribution in [3.05, 3.63) is 40.8 Å². The summed E-state index contributed by atoms with van der Waals surface area (Å²) in [4.78, 5) is 15.4. The summed E-state index contributed by atoms with van der Waals surface area (Å²) in [7, 11) is 0. The number of nitrogens with two attached hydrogens (primary N) is 1. The molecule has 0 amide bonds. The molecule has 0 saturated heterocycles. The van der Waals surface area contributed by atoms with E-state index in [-0.39, 0.29) is 17.2 Å². The second-order valence-corrected chi connectivity index (χ2v) is 4.15. The third-order valence-electron chi connectivity index (χ3n) is 2.47. The molecule has 0 aliphatic rings. The Kier molecular flexibility index (Phi) is 2.95. The highest BCUT2D eigenvalue weighted by atomic mass is 16.1. The topological polar surface area (TPSA) is 78.7 Å². The number of hydrogen-bond acceptors (Lipinski definition) is 4. The number of hydrogen-bond donors (Lipinski definition) is 1. The lowest BCUT2D eigenvalue weighted by Crippen LogP contribution is -2.15. The van der Waals surface area contributed by atoms with E-state index >= 15 is 0 Å². The van der Waals surface area contributed by atoms with E-state index < -0.39 is 0 Å². The summed E-state index contributed by atoms with van der Waals surface area (Å²) >= 11 is 0. The number of aromatic nitrogens is 4. The summed E-state index contributed by atoms with van der Waals surface area (Å²) in [6.45, 7) is 4.62. The number of rotatable bonds is 3. The van der Waals surface area contributed by atoms with Gasteiger partial charge in [0.15, 0.2) is 0 Å². The van der Waals surface area contributed by atoms with E-state index in [2.05, 4.69) is 10.1 Å². The third kappa shape index (κ3) is 2.35. The van der Waals surface area contributed by atoms with Gasteiger partial charge in [-0.3, -0.25) is 4.79 Å². The summed E-state index contributed by atoms with van der Waals surface area (Å²) in [5.74, 6) is 0.836. The number of pyridine rings is 1. The molecule has 2 aromatic heterocycles. The first kappa shape index (κ1) is 11.4. The molecule has 6 nitrogen and oxygen atoms in total. The van der Waals surface area contributed by atoms with Crippen LogP contribution in [-0.4, -0.2) is 19.3 Å². The van der Waals surface area contributed by atoms with Gasteiger partial charge >= 0.3 is 0 Å². The van der Waals surface area contributed by atoms with E-state index in [4.69, 9.17) is 5.73 Å². The average Bonchev–Trinajstić information content (AvgIpc) is 2.72. The minimum Gasteiger partial charge on any atom is -0.394 e. The van der Waals surface area contributed by atoms with Crippen LogP contribution in [0.4, 0.5) is 5.69 Å². The monoisotopic (exact) mass is 233 g/mol. The van der Waals surface area contributed by atoms with E-state index in [0.717, 1.165) is 5.82 Å². The SMILES string of the molecule is CC(C)n1ncnc1Cn1ccc(=O)c(N)c1. The highest BCUT2D eigenvalue weighted by molar-refractivity contribution is 5.33. The lowest BCUT2D eigenvalue weighted by molar-refractivity contribution is 0.496. The summed E-state index contributed by atoms with van der Waals surface area (Å²) in [6, 6.07) is 1.70. The van der Waals surface area contributed by atoms with Gasteiger partial charge in [-0.05, 0) is 13.8 Å². The predicted molar refractivity (Wildman–Crippen MR) is 64.6 cm³/mol. The molecule has 0 saturated carbocycles. The summed E-state index contributed by atoms with van der Waals surface area (Å²) in [5.41, 5.74) is 5.65. The first-order chi connectivity index (χ1) is 8.08. The molecule has 90 valence electrons. The lowest BCUT2D eigenvalue weighted by Gasteiger charge is -2.11. The Hall–Kier alpha value is -2.11. The molecule has 2 rings (SSSR count). The summed E-state index contributed by atoms with van der Waals surface area (Å²) in [5, 5.41) is 4.15. The van der Waals surface area contributed by atoms with Gasteiger partial charge in [0.2, 0.25) is 5.43 Å². The molecule has 6 heteroatoms. The van der Waals surface area contributed by atoms with Crippen molar-refractivity contribution in [1.82, 2.24) is 19.3 Å².